The third-order valence-electron chi connectivity index (χ3n) is 2.45. The highest BCUT2D eigenvalue weighted by Gasteiger charge is 2.09. The molecule has 1 radical (unpaired) electrons. The third-order valence-corrected chi connectivity index (χ3v) is 2.45. The van der Waals surface area contributed by atoms with E-state index < -0.39 is 0 Å². The molecule has 1 aromatic rings. The minimum atomic E-state index is 0.865. The number of hydrogen-bond acceptors (Lipinski definition) is 3. The van der Waals surface area contributed by atoms with E-state index in [2.05, 4.69) is 16.1 Å². The van der Waals surface area contributed by atoms with Crippen molar-refractivity contribution in [1.82, 2.24) is 14.7 Å². The highest BCUT2D eigenvalue weighted by Crippen LogP contribution is 1.98. The van der Waals surface area contributed by atoms with Crippen LogP contribution in [0.2, 0.25) is 0 Å². The van der Waals surface area contributed by atoms with Gasteiger partial charge in [0.1, 0.15) is 0 Å². The van der Waals surface area contributed by atoms with Crippen molar-refractivity contribution in [2.45, 2.75) is 13.5 Å². The molecule has 2 rings (SSSR count). The molecule has 1 aliphatic rings. The Labute approximate surface area is 84.5 Å². The molecule has 77 valence electrons. The van der Waals surface area contributed by atoms with Crippen LogP contribution in [0, 0.1) is 13.0 Å². The van der Waals surface area contributed by atoms with Crippen LogP contribution in [0.3, 0.4) is 0 Å². The number of morpholine rings is 1. The molecule has 0 amide bonds. The lowest BCUT2D eigenvalue weighted by Crippen LogP contribution is -2.38. The predicted molar refractivity (Wildman–Crippen MR) is 53.1 cm³/mol. The Bertz CT molecular complexity index is 279. The van der Waals surface area contributed by atoms with Gasteiger partial charge in [0.05, 0.1) is 25.5 Å². The van der Waals surface area contributed by atoms with Crippen molar-refractivity contribution < 1.29 is 4.74 Å². The lowest BCUT2D eigenvalue weighted by Gasteiger charge is -2.26. The lowest BCUT2D eigenvalue weighted by atomic mass is 10.4. The van der Waals surface area contributed by atoms with E-state index in [0.717, 1.165) is 45.1 Å². The van der Waals surface area contributed by atoms with E-state index in [0.29, 0.717) is 0 Å². The van der Waals surface area contributed by atoms with Crippen LogP contribution in [0.15, 0.2) is 6.20 Å². The molecule has 1 aliphatic heterocycles. The molecule has 1 fully saturated rings. The van der Waals surface area contributed by atoms with Crippen molar-refractivity contribution in [1.29, 1.82) is 0 Å². The number of ether oxygens (including phenoxy) is 1. The van der Waals surface area contributed by atoms with Crippen molar-refractivity contribution in [3.63, 3.8) is 0 Å². The van der Waals surface area contributed by atoms with E-state index in [1.54, 1.807) is 0 Å². The lowest BCUT2D eigenvalue weighted by molar-refractivity contribution is 0.0359. The van der Waals surface area contributed by atoms with Crippen LogP contribution in [-0.4, -0.2) is 47.5 Å². The molecule has 0 aliphatic carbocycles. The first-order chi connectivity index (χ1) is 6.84. The standard InChI is InChI=1S/C10H16N3O/c1-10-2-3-13(11-10)5-4-12-6-8-14-9-7-12/h3H,4-9H2,1H3. The van der Waals surface area contributed by atoms with Gasteiger partial charge in [0.15, 0.2) is 0 Å². The molecule has 1 saturated heterocycles. The second-order valence-electron chi connectivity index (χ2n) is 3.58. The molecule has 0 atom stereocenters. The Morgan fingerprint density at radius 2 is 2.21 bits per heavy atom. The van der Waals surface area contributed by atoms with Gasteiger partial charge in [0.2, 0.25) is 0 Å². The molecule has 0 bridgehead atoms. The first kappa shape index (κ1) is 9.68. The van der Waals surface area contributed by atoms with Gasteiger partial charge in [-0.2, -0.15) is 5.10 Å². The zero-order valence-corrected chi connectivity index (χ0v) is 8.57. The largest absolute Gasteiger partial charge is 0.379 e. The van der Waals surface area contributed by atoms with Crippen LogP contribution < -0.4 is 0 Å². The average Bonchev–Trinajstić information content (AvgIpc) is 2.63. The van der Waals surface area contributed by atoms with Crippen molar-refractivity contribution in [2.75, 3.05) is 32.8 Å². The number of rotatable bonds is 3. The van der Waals surface area contributed by atoms with Gasteiger partial charge in [0, 0.05) is 31.9 Å². The predicted octanol–water partition coefficient (Wildman–Crippen LogP) is 0.324. The summed E-state index contributed by atoms with van der Waals surface area (Å²) in [6.45, 7) is 7.79. The maximum Gasteiger partial charge on any atom is 0.0673 e. The Hall–Kier alpha value is -0.870. The van der Waals surface area contributed by atoms with Crippen molar-refractivity contribution in [3.05, 3.63) is 18.0 Å². The Morgan fingerprint density at radius 1 is 1.43 bits per heavy atom. The van der Waals surface area contributed by atoms with Gasteiger partial charge < -0.3 is 4.74 Å². The van der Waals surface area contributed by atoms with E-state index in [9.17, 15) is 0 Å². The van der Waals surface area contributed by atoms with Crippen LogP contribution in [-0.2, 0) is 11.3 Å². The Balaban J connectivity index is 1.76. The van der Waals surface area contributed by atoms with Crippen LogP contribution in [0.1, 0.15) is 5.69 Å². The normalized spacial score (nSPS) is 18.6. The van der Waals surface area contributed by atoms with Crippen LogP contribution in [0.5, 0.6) is 0 Å². The van der Waals surface area contributed by atoms with E-state index in [1.807, 2.05) is 17.8 Å². The number of aromatic nitrogens is 2. The molecular weight excluding hydrogens is 178 g/mol. The summed E-state index contributed by atoms with van der Waals surface area (Å²) in [4.78, 5) is 2.40. The van der Waals surface area contributed by atoms with Crippen LogP contribution >= 0.6 is 0 Å². The molecule has 2 heterocycles. The molecule has 4 nitrogen and oxygen atoms in total. The van der Waals surface area contributed by atoms with Gasteiger partial charge in [-0.15, -0.1) is 0 Å². The fourth-order valence-electron chi connectivity index (χ4n) is 1.60. The highest BCUT2D eigenvalue weighted by molar-refractivity contribution is 4.91. The number of nitrogens with zero attached hydrogens (tertiary/aromatic N) is 3. The summed E-state index contributed by atoms with van der Waals surface area (Å²) in [6, 6.07) is 3.06. The smallest absolute Gasteiger partial charge is 0.0673 e. The van der Waals surface area contributed by atoms with Gasteiger partial charge in [0.25, 0.3) is 0 Å². The van der Waals surface area contributed by atoms with Gasteiger partial charge in [-0.25, -0.2) is 0 Å². The molecule has 4 heteroatoms. The summed E-state index contributed by atoms with van der Waals surface area (Å²) in [5, 5.41) is 4.30. The van der Waals surface area contributed by atoms with Gasteiger partial charge in [-0.3, -0.25) is 9.58 Å². The minimum Gasteiger partial charge on any atom is -0.379 e. The Kier molecular flexibility index (Phi) is 3.16. The SMILES string of the molecule is Cc1[c]cn(CCN2CCOCC2)n1. The zero-order valence-electron chi connectivity index (χ0n) is 8.57. The summed E-state index contributed by atoms with van der Waals surface area (Å²) in [5.74, 6) is 0. The van der Waals surface area contributed by atoms with E-state index in [1.165, 1.54) is 0 Å². The Morgan fingerprint density at radius 3 is 2.86 bits per heavy atom. The molecule has 0 unspecified atom stereocenters. The quantitative estimate of drug-likeness (QED) is 0.694. The van der Waals surface area contributed by atoms with Gasteiger partial charge in [-0.1, -0.05) is 0 Å². The van der Waals surface area contributed by atoms with Crippen molar-refractivity contribution in [3.8, 4) is 0 Å². The summed E-state index contributed by atoms with van der Waals surface area (Å²) in [7, 11) is 0. The van der Waals surface area contributed by atoms with Gasteiger partial charge in [-0.05, 0) is 6.92 Å². The minimum absolute atomic E-state index is 0.865. The fourth-order valence-corrected chi connectivity index (χ4v) is 1.60. The molecule has 0 spiro atoms. The van der Waals surface area contributed by atoms with Crippen molar-refractivity contribution >= 4 is 0 Å². The van der Waals surface area contributed by atoms with E-state index in [-0.39, 0.29) is 0 Å². The maximum absolute atomic E-state index is 5.29. The maximum atomic E-state index is 5.29. The summed E-state index contributed by atoms with van der Waals surface area (Å²) < 4.78 is 7.23. The highest BCUT2D eigenvalue weighted by atomic mass is 16.5. The topological polar surface area (TPSA) is 30.3 Å². The third kappa shape index (κ3) is 2.56. The van der Waals surface area contributed by atoms with Crippen LogP contribution in [0.25, 0.3) is 0 Å². The molecule has 14 heavy (non-hydrogen) atoms. The summed E-state index contributed by atoms with van der Waals surface area (Å²) in [5.41, 5.74) is 0.965. The molecule has 1 aromatic heterocycles. The van der Waals surface area contributed by atoms with E-state index >= 15 is 0 Å². The average molecular weight is 194 g/mol. The first-order valence-corrected chi connectivity index (χ1v) is 5.06. The molecular formula is C10H16N3O. The zero-order chi connectivity index (χ0) is 9.80. The fraction of sp³-hybridized carbons (Fsp3) is 0.700. The second-order valence-corrected chi connectivity index (χ2v) is 3.58. The monoisotopic (exact) mass is 194 g/mol. The molecule has 0 N–H and O–H groups in total. The summed E-state index contributed by atoms with van der Waals surface area (Å²) in [6.07, 6.45) is 1.91. The van der Waals surface area contributed by atoms with Gasteiger partial charge >= 0.3 is 0 Å². The number of hydrogen-bond donors (Lipinski definition) is 0. The summed E-state index contributed by atoms with van der Waals surface area (Å²) >= 11 is 0. The first-order valence-electron chi connectivity index (χ1n) is 5.06. The van der Waals surface area contributed by atoms with Crippen molar-refractivity contribution in [2.24, 2.45) is 0 Å². The number of aryl methyl sites for hydroxylation is 1. The second kappa shape index (κ2) is 4.57. The van der Waals surface area contributed by atoms with Crippen LogP contribution in [0.4, 0.5) is 0 Å². The molecule has 0 aromatic carbocycles. The molecule has 0 saturated carbocycles. The van der Waals surface area contributed by atoms with E-state index in [4.69, 9.17) is 4.74 Å².